The first kappa shape index (κ1) is 50.9. The van der Waals surface area contributed by atoms with Gasteiger partial charge in [0.2, 0.25) is 5.95 Å². The molecule has 74 heavy (non-hydrogen) atoms. The van der Waals surface area contributed by atoms with Crippen LogP contribution in [0.4, 0.5) is 5.95 Å². The van der Waals surface area contributed by atoms with Gasteiger partial charge in [-0.15, -0.1) is 5.10 Å². The summed E-state index contributed by atoms with van der Waals surface area (Å²) < 4.78 is 41.9. The summed E-state index contributed by atoms with van der Waals surface area (Å²) in [5, 5.41) is 14.7. The molecule has 6 aromatic carbocycles. The van der Waals surface area contributed by atoms with E-state index in [1.54, 1.807) is 25.1 Å². The third kappa shape index (κ3) is 11.1. The van der Waals surface area contributed by atoms with Gasteiger partial charge in [0.25, 0.3) is 5.56 Å². The number of nitrogens with zero attached hydrogens (tertiary/aromatic N) is 6. The fourth-order valence-electron chi connectivity index (χ4n) is 9.17. The number of aromatic nitrogens is 7. The second kappa shape index (κ2) is 22.9. The largest absolute Gasteiger partial charge is 0.497 e. The Morgan fingerprint density at radius 1 is 0.824 bits per heavy atom. The second-order valence-corrected chi connectivity index (χ2v) is 27.0. The van der Waals surface area contributed by atoms with Crippen LogP contribution in [0.2, 0.25) is 6.04 Å². The molecule has 0 amide bonds. The Morgan fingerprint density at radius 3 is 2.04 bits per heavy atom. The van der Waals surface area contributed by atoms with Crippen molar-refractivity contribution >= 4 is 76.2 Å². The van der Waals surface area contributed by atoms with Crippen LogP contribution < -0.4 is 35.3 Å². The highest BCUT2D eigenvalue weighted by Gasteiger charge is 2.46. The molecule has 4 heterocycles. The molecule has 10 rings (SSSR count). The fourth-order valence-corrected chi connectivity index (χ4v) is 17.2. The van der Waals surface area contributed by atoms with Gasteiger partial charge in [0, 0.05) is 18.7 Å². The number of hydrogen-bond donors (Lipinski definition) is 2. The lowest BCUT2D eigenvalue weighted by molar-refractivity contribution is -0.0901. The Labute approximate surface area is 440 Å². The van der Waals surface area contributed by atoms with E-state index < -0.39 is 38.5 Å². The zero-order valence-corrected chi connectivity index (χ0v) is 44.8. The molecule has 1 aliphatic heterocycles. The summed E-state index contributed by atoms with van der Waals surface area (Å²) in [5.41, 5.74) is -0.554. The molecule has 1 radical (unpaired) electrons. The quantitative estimate of drug-likeness (QED) is 0.0376. The Balaban J connectivity index is 1.05. The van der Waals surface area contributed by atoms with Crippen molar-refractivity contribution in [2.24, 2.45) is 5.92 Å². The molecule has 19 heteroatoms. The molecule has 3 aromatic heterocycles. The minimum Gasteiger partial charge on any atom is -0.497 e. The van der Waals surface area contributed by atoms with Crippen LogP contribution in [0.5, 0.6) is 11.5 Å². The highest BCUT2D eigenvalue weighted by molar-refractivity contribution is 8.68. The summed E-state index contributed by atoms with van der Waals surface area (Å²) in [4.78, 5) is 27.1. The summed E-state index contributed by atoms with van der Waals surface area (Å²) in [6.45, 7) is 4.78. The van der Waals surface area contributed by atoms with Gasteiger partial charge in [-0.2, -0.15) is 4.98 Å². The van der Waals surface area contributed by atoms with Gasteiger partial charge in [-0.05, 0) is 82.1 Å². The van der Waals surface area contributed by atoms with Crippen molar-refractivity contribution in [2.75, 3.05) is 38.4 Å². The number of methoxy groups -OCH3 is 2. The van der Waals surface area contributed by atoms with E-state index in [0.29, 0.717) is 52.3 Å². The highest BCUT2D eigenvalue weighted by Crippen LogP contribution is 2.61. The third-order valence-electron chi connectivity index (χ3n) is 12.8. The van der Waals surface area contributed by atoms with Crippen LogP contribution in [-0.4, -0.2) is 88.8 Å². The molecule has 1 saturated heterocycles. The number of ether oxygens (including phenoxy) is 4. The number of aromatic amines is 1. The summed E-state index contributed by atoms with van der Waals surface area (Å²) in [6.07, 6.45) is -0.336. The minimum atomic E-state index is -3.42. The maximum absolute atomic E-state index is 13.5. The van der Waals surface area contributed by atoms with E-state index in [1.807, 2.05) is 103 Å². The van der Waals surface area contributed by atoms with E-state index in [2.05, 4.69) is 100 Å². The lowest BCUT2D eigenvalue weighted by atomic mass is 9.80. The van der Waals surface area contributed by atoms with Gasteiger partial charge in [0.15, 0.2) is 11.2 Å². The Bertz CT molecular complexity index is 3300. The van der Waals surface area contributed by atoms with Crippen molar-refractivity contribution in [3.05, 3.63) is 197 Å². The molecule has 0 aliphatic carbocycles. The zero-order chi connectivity index (χ0) is 51.1. The van der Waals surface area contributed by atoms with E-state index in [1.165, 1.54) is 26.6 Å². The van der Waals surface area contributed by atoms with Crippen LogP contribution in [0.3, 0.4) is 0 Å². The molecule has 4 atom stereocenters. The Hall–Kier alpha value is -6.63. The maximum atomic E-state index is 13.5. The van der Waals surface area contributed by atoms with Crippen LogP contribution in [0, 0.1) is 5.92 Å². The van der Waals surface area contributed by atoms with Crippen LogP contribution >= 0.6 is 17.1 Å². The molecule has 9 aromatic rings. The first-order valence-corrected chi connectivity index (χ1v) is 30.3. The normalized spacial score (nSPS) is 16.7. The van der Waals surface area contributed by atoms with Crippen LogP contribution in [0.1, 0.15) is 43.2 Å². The highest BCUT2D eigenvalue weighted by atomic mass is 32.9. The Morgan fingerprint density at radius 2 is 1.42 bits per heavy atom. The fraction of sp³-hybridized carbons (Fsp3) is 0.255. The molecule has 1 aliphatic rings. The summed E-state index contributed by atoms with van der Waals surface area (Å²) >= 11 is 8.15. The van der Waals surface area contributed by atoms with Crippen LogP contribution in [0.25, 0.3) is 22.2 Å². The maximum Gasteiger partial charge on any atom is 0.322 e. The number of rotatable bonds is 22. The van der Waals surface area contributed by atoms with E-state index >= 15 is 0 Å². The van der Waals surface area contributed by atoms with Gasteiger partial charge >= 0.3 is 5.69 Å². The molecule has 1 unspecified atom stereocenters. The monoisotopic (exact) mass is 1060 g/mol. The SMILES string of the molecule is COc1ccc(C(OC[C@H]2O[C@@H](n3cnc4c(=O)[nH]c(NCC(C)C)nc43)C[C@@H]2OP(=S)(On2nnc3ccccc32)SCC[Si](c2ccccc2)c2ccccc2)(c2ccccc2)c2ccc(OC)cc2)cc1. The van der Waals surface area contributed by atoms with Gasteiger partial charge in [0.05, 0.1) is 33.3 Å². The third-order valence-corrected chi connectivity index (χ3v) is 21.0. The van der Waals surface area contributed by atoms with Crippen molar-refractivity contribution in [1.82, 2.24) is 34.7 Å². The van der Waals surface area contributed by atoms with Crippen LogP contribution in [-0.2, 0) is 31.4 Å². The van der Waals surface area contributed by atoms with Crippen LogP contribution in [0.15, 0.2) is 175 Å². The zero-order valence-electron chi connectivity index (χ0n) is 41.3. The minimum absolute atomic E-state index is 0.0113. The molecule has 1 fully saturated rings. The van der Waals surface area contributed by atoms with Gasteiger partial charge in [-0.3, -0.25) is 14.3 Å². The Kier molecular flexibility index (Phi) is 15.7. The molecule has 15 nitrogen and oxygen atoms in total. The van der Waals surface area contributed by atoms with E-state index in [-0.39, 0.29) is 24.1 Å². The number of H-pyrrole nitrogens is 1. The van der Waals surface area contributed by atoms with Gasteiger partial charge in [0.1, 0.15) is 49.3 Å². The van der Waals surface area contributed by atoms with E-state index in [4.69, 9.17) is 44.9 Å². The number of hydrogen-bond acceptors (Lipinski definition) is 14. The first-order chi connectivity index (χ1) is 36.1. The standard InChI is InChI=1S/C55H56N8O7PS2Si/c1-38(2)35-56-54-58-52-51(53(64)59-54)57-37-62(52)50-34-48(49(68-50)36-67-55(39-16-8-5-9-17-39,40-24-28-42(65-3)29-25-40)41-26-30-43(66-4)31-27-41)69-71(72,70-63-47-23-15-14-22-46(47)60-61-63)73-32-33-74(44-18-10-6-11-19-44)45-20-12-7-13-21-45/h5-31,37-38,48-50H,32-36H2,1-4H3,(H2,56,58,59,64)/t48-,49+,50+,71?/m0/s1. The van der Waals surface area contributed by atoms with Gasteiger partial charge < -0.3 is 33.4 Å². The molecule has 0 spiro atoms. The lowest BCUT2D eigenvalue weighted by Gasteiger charge is -2.37. The average Bonchev–Trinajstić information content (AvgIpc) is 4.17. The van der Waals surface area contributed by atoms with Crippen molar-refractivity contribution in [3.63, 3.8) is 0 Å². The van der Waals surface area contributed by atoms with Crippen molar-refractivity contribution in [2.45, 2.75) is 50.3 Å². The number of para-hydroxylation sites is 1. The molecule has 0 saturated carbocycles. The summed E-state index contributed by atoms with van der Waals surface area (Å²) in [5.74, 6) is 2.67. The molecule has 2 N–H and O–H groups in total. The number of imidazole rings is 1. The predicted molar refractivity (Wildman–Crippen MR) is 297 cm³/mol. The predicted octanol–water partition coefficient (Wildman–Crippen LogP) is 9.03. The number of anilines is 1. The number of benzene rings is 6. The number of nitrogens with one attached hydrogen (secondary N) is 2. The van der Waals surface area contributed by atoms with E-state index in [0.717, 1.165) is 22.7 Å². The lowest BCUT2D eigenvalue weighted by Crippen LogP contribution is -2.42. The topological polar surface area (TPSA) is 162 Å². The smallest absolute Gasteiger partial charge is 0.322 e. The molecule has 0 bridgehead atoms. The van der Waals surface area contributed by atoms with Crippen molar-refractivity contribution in [3.8, 4) is 11.5 Å². The summed E-state index contributed by atoms with van der Waals surface area (Å²) in [6, 6.07) is 55.6. The molecular weight excluding hydrogens is 1010 g/mol. The first-order valence-electron chi connectivity index (χ1n) is 24.4. The average molecular weight is 1060 g/mol. The van der Waals surface area contributed by atoms with E-state index in [9.17, 15) is 4.79 Å². The molecule has 379 valence electrons. The van der Waals surface area contributed by atoms with Crippen molar-refractivity contribution < 1.29 is 28.1 Å². The number of fused-ring (bicyclic) bond motifs is 2. The summed E-state index contributed by atoms with van der Waals surface area (Å²) in [7, 11) is 2.04. The van der Waals surface area contributed by atoms with Gasteiger partial charge in [-0.25, -0.2) is 4.98 Å². The van der Waals surface area contributed by atoms with Gasteiger partial charge in [-0.1, -0.05) is 168 Å². The second-order valence-electron chi connectivity index (χ2n) is 18.1. The molecular formula is C55H56N8O7PS2Si. The van der Waals surface area contributed by atoms with Crippen molar-refractivity contribution in [1.29, 1.82) is 0 Å².